The number of phenols is 1. The number of aromatic hydroxyl groups is 1. The lowest BCUT2D eigenvalue weighted by atomic mass is 9.88. The second-order valence-corrected chi connectivity index (χ2v) is 6.93. The summed E-state index contributed by atoms with van der Waals surface area (Å²) in [6.07, 6.45) is 0. The second kappa shape index (κ2) is 5.69. The summed E-state index contributed by atoms with van der Waals surface area (Å²) >= 11 is 13.4. The molecule has 0 bridgehead atoms. The van der Waals surface area contributed by atoms with Crippen LogP contribution in [0.4, 0.5) is 0 Å². The zero-order chi connectivity index (χ0) is 16.0. The molecule has 0 radical (unpaired) electrons. The number of hydrogen-bond acceptors (Lipinski definition) is 4. The van der Waals surface area contributed by atoms with Gasteiger partial charge in [-0.2, -0.15) is 0 Å². The normalized spacial score (nSPS) is 17.4. The van der Waals surface area contributed by atoms with Crippen LogP contribution in [-0.2, 0) is 0 Å². The average molecular weight is 355 g/mol. The van der Waals surface area contributed by atoms with Crippen molar-refractivity contribution >= 4 is 40.5 Å². The molecule has 114 valence electrons. The highest BCUT2D eigenvalue weighted by molar-refractivity contribution is 7.99. The predicted molar refractivity (Wildman–Crippen MR) is 90.3 cm³/mol. The lowest BCUT2D eigenvalue weighted by molar-refractivity contribution is 0.421. The molecule has 22 heavy (non-hydrogen) atoms. The highest BCUT2D eigenvalue weighted by Gasteiger charge is 2.30. The summed E-state index contributed by atoms with van der Waals surface area (Å²) < 4.78 is 5.60. The molecule has 0 aliphatic carbocycles. The van der Waals surface area contributed by atoms with Gasteiger partial charge in [0.15, 0.2) is 10.5 Å². The van der Waals surface area contributed by atoms with Gasteiger partial charge in [0.2, 0.25) is 0 Å². The first-order valence-electron chi connectivity index (χ1n) is 6.53. The molecule has 1 aliphatic rings. The molecule has 1 aromatic heterocycles. The molecule has 3 nitrogen and oxygen atoms in total. The van der Waals surface area contributed by atoms with Crippen LogP contribution < -0.4 is 5.43 Å². The Hall–Kier alpha value is -1.36. The second-order valence-electron chi connectivity index (χ2n) is 5.10. The zero-order valence-corrected chi connectivity index (χ0v) is 14.0. The van der Waals surface area contributed by atoms with Crippen molar-refractivity contribution in [2.75, 3.05) is 5.75 Å². The Morgan fingerprint density at radius 2 is 2.09 bits per heavy atom. The molecule has 2 aromatic rings. The highest BCUT2D eigenvalue weighted by atomic mass is 35.5. The molecule has 0 saturated carbocycles. The minimum atomic E-state index is -0.251. The minimum Gasteiger partial charge on any atom is -0.506 e. The Morgan fingerprint density at radius 3 is 2.82 bits per heavy atom. The molecule has 6 heteroatoms. The molecular weight excluding hydrogens is 343 g/mol. The molecule has 2 heterocycles. The first kappa shape index (κ1) is 15.5. The van der Waals surface area contributed by atoms with E-state index in [-0.39, 0.29) is 22.1 Å². The number of thioether (sulfide) groups is 1. The maximum Gasteiger partial charge on any atom is 0.193 e. The standard InChI is InChI=1S/C16H12Cl2O3S/c1-7-3-13(19)14-8(2)11(6-22-16(14)21-7)10-4-9(17)5-12(18)15(10)20/h3-5,11,20H,2,6H2,1H3. The molecular formula is C16H12Cl2O3S. The van der Waals surface area contributed by atoms with Gasteiger partial charge in [0.1, 0.15) is 11.5 Å². The molecule has 1 N–H and O–H groups in total. The lowest BCUT2D eigenvalue weighted by Crippen LogP contribution is -2.18. The summed E-state index contributed by atoms with van der Waals surface area (Å²) in [5.41, 5.74) is 1.51. The van der Waals surface area contributed by atoms with Gasteiger partial charge in [-0.15, -0.1) is 0 Å². The largest absolute Gasteiger partial charge is 0.506 e. The van der Waals surface area contributed by atoms with Crippen LogP contribution in [0, 0.1) is 6.92 Å². The van der Waals surface area contributed by atoms with E-state index in [1.807, 2.05) is 0 Å². The van der Waals surface area contributed by atoms with Crippen LogP contribution >= 0.6 is 35.0 Å². The smallest absolute Gasteiger partial charge is 0.193 e. The molecule has 0 fully saturated rings. The Labute approximate surface area is 141 Å². The Bertz CT molecular complexity index is 842. The first-order chi connectivity index (χ1) is 10.4. The number of fused-ring (bicyclic) bond motifs is 1. The summed E-state index contributed by atoms with van der Waals surface area (Å²) in [7, 11) is 0. The Kier molecular flexibility index (Phi) is 4.02. The monoisotopic (exact) mass is 354 g/mol. The number of phenolic OH excluding ortho intramolecular Hbond substituents is 1. The Balaban J connectivity index is 2.13. The summed E-state index contributed by atoms with van der Waals surface area (Å²) in [6.45, 7) is 5.77. The van der Waals surface area contributed by atoms with Crippen molar-refractivity contribution in [2.45, 2.75) is 17.9 Å². The number of halogens is 2. The predicted octanol–water partition coefficient (Wildman–Crippen LogP) is 4.86. The number of rotatable bonds is 1. The van der Waals surface area contributed by atoms with Crippen molar-refractivity contribution in [2.24, 2.45) is 0 Å². The fourth-order valence-electron chi connectivity index (χ4n) is 2.54. The molecule has 1 aliphatic heterocycles. The number of hydrogen-bond donors (Lipinski definition) is 1. The maximum absolute atomic E-state index is 12.2. The van der Waals surface area contributed by atoms with Gasteiger partial charge in [0.25, 0.3) is 0 Å². The molecule has 0 amide bonds. The summed E-state index contributed by atoms with van der Waals surface area (Å²) in [6, 6.07) is 4.57. The van der Waals surface area contributed by atoms with E-state index < -0.39 is 0 Å². The van der Waals surface area contributed by atoms with E-state index in [0.29, 0.717) is 38.3 Å². The summed E-state index contributed by atoms with van der Waals surface area (Å²) in [4.78, 5) is 12.2. The summed E-state index contributed by atoms with van der Waals surface area (Å²) in [5, 5.41) is 11.4. The maximum atomic E-state index is 12.2. The lowest BCUT2D eigenvalue weighted by Gasteiger charge is -2.26. The molecule has 0 spiro atoms. The van der Waals surface area contributed by atoms with Crippen molar-refractivity contribution in [3.05, 3.63) is 61.9 Å². The zero-order valence-electron chi connectivity index (χ0n) is 11.7. The van der Waals surface area contributed by atoms with E-state index in [9.17, 15) is 9.90 Å². The number of allylic oxidation sites excluding steroid dienone is 1. The SMILES string of the molecule is C=C1c2c(oc(C)cc2=O)SCC1c1cc(Cl)cc(Cl)c1O. The number of aryl methyl sites for hydroxylation is 1. The van der Waals surface area contributed by atoms with Crippen molar-refractivity contribution in [3.8, 4) is 5.75 Å². The summed E-state index contributed by atoms with van der Waals surface area (Å²) in [5.74, 6) is 0.871. The molecule has 1 aromatic carbocycles. The van der Waals surface area contributed by atoms with E-state index in [4.69, 9.17) is 27.6 Å². The van der Waals surface area contributed by atoms with Crippen LogP contribution in [0.25, 0.3) is 5.57 Å². The van der Waals surface area contributed by atoms with Gasteiger partial charge in [0, 0.05) is 28.3 Å². The molecule has 1 unspecified atom stereocenters. The van der Waals surface area contributed by atoms with Crippen LogP contribution in [0.2, 0.25) is 10.0 Å². The van der Waals surface area contributed by atoms with E-state index in [1.165, 1.54) is 23.9 Å². The van der Waals surface area contributed by atoms with Crippen LogP contribution in [0.1, 0.15) is 22.8 Å². The van der Waals surface area contributed by atoms with E-state index >= 15 is 0 Å². The highest BCUT2D eigenvalue weighted by Crippen LogP contribution is 2.47. The van der Waals surface area contributed by atoms with Gasteiger partial charge < -0.3 is 9.52 Å². The Morgan fingerprint density at radius 1 is 1.36 bits per heavy atom. The van der Waals surface area contributed by atoms with Gasteiger partial charge in [0.05, 0.1) is 10.6 Å². The van der Waals surface area contributed by atoms with Crippen molar-refractivity contribution in [1.29, 1.82) is 0 Å². The van der Waals surface area contributed by atoms with Crippen molar-refractivity contribution in [1.82, 2.24) is 0 Å². The van der Waals surface area contributed by atoms with E-state index in [1.54, 1.807) is 13.0 Å². The fraction of sp³-hybridized carbons (Fsp3) is 0.188. The molecule has 3 rings (SSSR count). The number of benzene rings is 1. The van der Waals surface area contributed by atoms with Gasteiger partial charge in [-0.3, -0.25) is 4.79 Å². The van der Waals surface area contributed by atoms with Crippen LogP contribution in [0.15, 0.2) is 39.1 Å². The van der Waals surface area contributed by atoms with Crippen LogP contribution in [0.3, 0.4) is 0 Å². The quantitative estimate of drug-likeness (QED) is 0.793. The topological polar surface area (TPSA) is 50.4 Å². The van der Waals surface area contributed by atoms with Gasteiger partial charge in [-0.1, -0.05) is 41.5 Å². The van der Waals surface area contributed by atoms with Crippen molar-refractivity contribution in [3.63, 3.8) is 0 Å². The van der Waals surface area contributed by atoms with Crippen LogP contribution in [0.5, 0.6) is 5.75 Å². The van der Waals surface area contributed by atoms with Gasteiger partial charge >= 0.3 is 0 Å². The van der Waals surface area contributed by atoms with Gasteiger partial charge in [-0.05, 0) is 24.6 Å². The minimum absolute atomic E-state index is 0.0298. The van der Waals surface area contributed by atoms with Gasteiger partial charge in [-0.25, -0.2) is 0 Å². The van der Waals surface area contributed by atoms with E-state index in [2.05, 4.69) is 6.58 Å². The fourth-order valence-corrected chi connectivity index (χ4v) is 4.31. The molecule has 1 atom stereocenters. The average Bonchev–Trinajstić information content (AvgIpc) is 2.42. The third kappa shape index (κ3) is 2.56. The van der Waals surface area contributed by atoms with Crippen LogP contribution in [-0.4, -0.2) is 10.9 Å². The molecule has 0 saturated heterocycles. The third-order valence-electron chi connectivity index (χ3n) is 3.59. The van der Waals surface area contributed by atoms with Crippen molar-refractivity contribution < 1.29 is 9.52 Å². The van der Waals surface area contributed by atoms with E-state index in [0.717, 1.165) is 0 Å². The first-order valence-corrected chi connectivity index (χ1v) is 8.27. The third-order valence-corrected chi connectivity index (χ3v) is 5.15.